The molecule has 0 saturated carbocycles. The Hall–Kier alpha value is -0.490. The third kappa shape index (κ3) is 4.52. The summed E-state index contributed by atoms with van der Waals surface area (Å²) in [4.78, 5) is 2.47. The summed E-state index contributed by atoms with van der Waals surface area (Å²) in [6.45, 7) is 4.63. The number of hydrogen-bond acceptors (Lipinski definition) is 3. The van der Waals surface area contributed by atoms with E-state index in [1.165, 1.54) is 18.9 Å². The van der Waals surface area contributed by atoms with Gasteiger partial charge in [-0.1, -0.05) is 6.07 Å². The molecule has 1 aliphatic rings. The predicted octanol–water partition coefficient (Wildman–Crippen LogP) is 2.79. The Morgan fingerprint density at radius 3 is 3.10 bits per heavy atom. The number of ether oxygens (including phenoxy) is 1. The van der Waals surface area contributed by atoms with Gasteiger partial charge < -0.3 is 10.1 Å². The van der Waals surface area contributed by atoms with Gasteiger partial charge in [-0.15, -0.1) is 0 Å². The van der Waals surface area contributed by atoms with Crippen molar-refractivity contribution in [1.29, 1.82) is 0 Å². The third-order valence-electron chi connectivity index (χ3n) is 3.73. The zero-order chi connectivity index (χ0) is 14.4. The molecule has 5 heteroatoms. The number of methoxy groups -OCH3 is 1. The predicted molar refractivity (Wildman–Crippen MR) is 82.3 cm³/mol. The molecule has 1 saturated heterocycles. The highest BCUT2D eigenvalue weighted by Gasteiger charge is 2.24. The Bertz CT molecular complexity index is 430. The van der Waals surface area contributed by atoms with Crippen LogP contribution in [-0.2, 0) is 11.3 Å². The first-order valence-corrected chi connectivity index (χ1v) is 7.87. The van der Waals surface area contributed by atoms with E-state index < -0.39 is 0 Å². The van der Waals surface area contributed by atoms with Gasteiger partial charge in [0, 0.05) is 32.8 Å². The summed E-state index contributed by atoms with van der Waals surface area (Å²) in [5.41, 5.74) is 1.15. The summed E-state index contributed by atoms with van der Waals surface area (Å²) >= 11 is 3.25. The second kappa shape index (κ2) is 8.08. The monoisotopic (exact) mass is 344 g/mol. The van der Waals surface area contributed by atoms with Crippen molar-refractivity contribution < 1.29 is 9.13 Å². The van der Waals surface area contributed by atoms with E-state index >= 15 is 0 Å². The highest BCUT2D eigenvalue weighted by Crippen LogP contribution is 2.22. The Labute approximate surface area is 128 Å². The van der Waals surface area contributed by atoms with Crippen molar-refractivity contribution in [3.05, 3.63) is 34.1 Å². The Morgan fingerprint density at radius 2 is 2.35 bits per heavy atom. The summed E-state index contributed by atoms with van der Waals surface area (Å²) < 4.78 is 18.8. The van der Waals surface area contributed by atoms with Crippen molar-refractivity contribution in [1.82, 2.24) is 10.2 Å². The fourth-order valence-corrected chi connectivity index (χ4v) is 3.08. The van der Waals surface area contributed by atoms with Crippen molar-refractivity contribution in [3.8, 4) is 0 Å². The third-order valence-corrected chi connectivity index (χ3v) is 4.34. The van der Waals surface area contributed by atoms with Gasteiger partial charge in [0.2, 0.25) is 0 Å². The average Bonchev–Trinajstić information content (AvgIpc) is 2.86. The highest BCUT2D eigenvalue weighted by molar-refractivity contribution is 9.10. The minimum absolute atomic E-state index is 0.201. The molecule has 1 N–H and O–H groups in total. The normalized spacial score (nSPS) is 19.6. The quantitative estimate of drug-likeness (QED) is 0.769. The van der Waals surface area contributed by atoms with Gasteiger partial charge in [-0.2, -0.15) is 0 Å². The van der Waals surface area contributed by atoms with Crippen LogP contribution in [0.5, 0.6) is 0 Å². The van der Waals surface area contributed by atoms with Crippen molar-refractivity contribution in [2.24, 2.45) is 0 Å². The van der Waals surface area contributed by atoms with Gasteiger partial charge in [0.15, 0.2) is 0 Å². The number of nitrogens with one attached hydrogen (secondary N) is 1. The first-order chi connectivity index (χ1) is 9.70. The van der Waals surface area contributed by atoms with Crippen LogP contribution in [0.15, 0.2) is 22.7 Å². The second-order valence-electron chi connectivity index (χ2n) is 5.21. The largest absolute Gasteiger partial charge is 0.383 e. The molecule has 0 aromatic heterocycles. The number of rotatable bonds is 7. The number of likely N-dealkylation sites (tertiary alicyclic amines) is 1. The molecule has 20 heavy (non-hydrogen) atoms. The van der Waals surface area contributed by atoms with E-state index in [1.54, 1.807) is 7.11 Å². The lowest BCUT2D eigenvalue weighted by Gasteiger charge is -2.25. The SMILES string of the molecule is COCCNCC1CCCN1Cc1ccc(F)c(Br)c1. The molecule has 1 heterocycles. The van der Waals surface area contributed by atoms with Crippen molar-refractivity contribution in [3.63, 3.8) is 0 Å². The Balaban J connectivity index is 1.85. The molecule has 1 aromatic rings. The zero-order valence-electron chi connectivity index (χ0n) is 11.9. The van der Waals surface area contributed by atoms with Crippen LogP contribution in [0.3, 0.4) is 0 Å². The van der Waals surface area contributed by atoms with Gasteiger partial charge in [0.25, 0.3) is 0 Å². The molecule has 0 radical (unpaired) electrons. The molecule has 0 amide bonds. The molecule has 1 fully saturated rings. The maximum absolute atomic E-state index is 13.2. The van der Waals surface area contributed by atoms with Crippen molar-refractivity contribution in [2.75, 3.05) is 33.4 Å². The molecule has 0 spiro atoms. The fourth-order valence-electron chi connectivity index (χ4n) is 2.65. The molecule has 1 aromatic carbocycles. The van der Waals surface area contributed by atoms with Gasteiger partial charge >= 0.3 is 0 Å². The summed E-state index contributed by atoms with van der Waals surface area (Å²) in [5.74, 6) is -0.201. The van der Waals surface area contributed by atoms with E-state index in [1.807, 2.05) is 12.1 Å². The Morgan fingerprint density at radius 1 is 1.50 bits per heavy atom. The van der Waals surface area contributed by atoms with E-state index in [0.29, 0.717) is 10.5 Å². The maximum atomic E-state index is 13.2. The highest BCUT2D eigenvalue weighted by atomic mass is 79.9. The molecular weight excluding hydrogens is 323 g/mol. The van der Waals surface area contributed by atoms with Crippen LogP contribution >= 0.6 is 15.9 Å². The van der Waals surface area contributed by atoms with Gasteiger partial charge in [-0.3, -0.25) is 4.90 Å². The second-order valence-corrected chi connectivity index (χ2v) is 6.07. The smallest absolute Gasteiger partial charge is 0.137 e. The van der Waals surface area contributed by atoms with Gasteiger partial charge in [0.1, 0.15) is 5.82 Å². The van der Waals surface area contributed by atoms with Gasteiger partial charge in [-0.05, 0) is 53.0 Å². The standard InChI is InChI=1S/C15H22BrFN2O/c1-20-8-6-18-10-13-3-2-7-19(13)11-12-4-5-15(17)14(16)9-12/h4-5,9,13,18H,2-3,6-8,10-11H2,1H3. The first-order valence-electron chi connectivity index (χ1n) is 7.08. The lowest BCUT2D eigenvalue weighted by atomic mass is 10.2. The van der Waals surface area contributed by atoms with Crippen LogP contribution in [0.25, 0.3) is 0 Å². The van der Waals surface area contributed by atoms with Crippen molar-refractivity contribution >= 4 is 15.9 Å². The molecule has 1 unspecified atom stereocenters. The van der Waals surface area contributed by atoms with Crippen LogP contribution in [0, 0.1) is 5.82 Å². The molecule has 1 aliphatic heterocycles. The topological polar surface area (TPSA) is 24.5 Å². The Kier molecular flexibility index (Phi) is 6.42. The molecule has 0 bridgehead atoms. The van der Waals surface area contributed by atoms with Gasteiger partial charge in [0.05, 0.1) is 11.1 Å². The molecule has 112 valence electrons. The van der Waals surface area contributed by atoms with Crippen molar-refractivity contribution in [2.45, 2.75) is 25.4 Å². The number of nitrogens with zero attached hydrogens (tertiary/aromatic N) is 1. The van der Waals surface area contributed by atoms with E-state index in [-0.39, 0.29) is 5.82 Å². The molecule has 3 nitrogen and oxygen atoms in total. The van der Waals surface area contributed by atoms with Crippen LogP contribution in [0.1, 0.15) is 18.4 Å². The summed E-state index contributed by atoms with van der Waals surface area (Å²) in [6, 6.07) is 5.84. The summed E-state index contributed by atoms with van der Waals surface area (Å²) in [5, 5.41) is 3.43. The summed E-state index contributed by atoms with van der Waals surface area (Å²) in [6.07, 6.45) is 2.46. The van der Waals surface area contributed by atoms with Crippen LogP contribution in [0.4, 0.5) is 4.39 Å². The van der Waals surface area contributed by atoms with E-state index in [0.717, 1.165) is 38.3 Å². The number of hydrogen-bond donors (Lipinski definition) is 1. The minimum atomic E-state index is -0.201. The van der Waals surface area contributed by atoms with E-state index in [9.17, 15) is 4.39 Å². The van der Waals surface area contributed by atoms with E-state index in [2.05, 4.69) is 26.1 Å². The zero-order valence-corrected chi connectivity index (χ0v) is 13.5. The molecule has 1 atom stereocenters. The molecule has 0 aliphatic carbocycles. The molecular formula is C15H22BrFN2O. The lowest BCUT2D eigenvalue weighted by molar-refractivity contribution is 0.191. The molecule has 2 rings (SSSR count). The average molecular weight is 345 g/mol. The van der Waals surface area contributed by atoms with Gasteiger partial charge in [-0.25, -0.2) is 4.39 Å². The first kappa shape index (κ1) is 15.9. The van der Waals surface area contributed by atoms with E-state index in [4.69, 9.17) is 4.74 Å². The summed E-state index contributed by atoms with van der Waals surface area (Å²) in [7, 11) is 1.72. The fraction of sp³-hybridized carbons (Fsp3) is 0.600. The minimum Gasteiger partial charge on any atom is -0.383 e. The van der Waals surface area contributed by atoms with Crippen LogP contribution in [0.2, 0.25) is 0 Å². The van der Waals surface area contributed by atoms with Crippen LogP contribution in [-0.4, -0.2) is 44.3 Å². The van der Waals surface area contributed by atoms with Crippen LogP contribution < -0.4 is 5.32 Å². The lowest BCUT2D eigenvalue weighted by Crippen LogP contribution is -2.38. The number of benzene rings is 1. The number of halogens is 2. The maximum Gasteiger partial charge on any atom is 0.137 e.